The van der Waals surface area contributed by atoms with Gasteiger partial charge < -0.3 is 40.5 Å². The van der Waals surface area contributed by atoms with Crippen LogP contribution in [0, 0.1) is 17.8 Å². The number of carboxylic acids is 1. The molecule has 214 valence electrons. The topological polar surface area (TPSA) is 211 Å². The van der Waals surface area contributed by atoms with Crippen molar-refractivity contribution < 1.29 is 39.5 Å². The maximum Gasteiger partial charge on any atom is 0.346 e. The molecule has 0 bridgehead atoms. The maximum atomic E-state index is 13.5. The van der Waals surface area contributed by atoms with Crippen LogP contribution < -0.4 is 16.1 Å². The number of ether oxygens (including phenoxy) is 2. The number of fused-ring (bicyclic) bond motifs is 1. The monoisotopic (exact) mass is 575 g/mol. The third kappa shape index (κ3) is 4.95. The molecule has 5 unspecified atom stereocenters. The number of nitrogens with two attached hydrogens (primary N) is 1. The third-order valence-corrected chi connectivity index (χ3v) is 8.30. The number of aliphatic hydroxyl groups is 3. The van der Waals surface area contributed by atoms with Crippen molar-refractivity contribution in [3.05, 3.63) is 45.7 Å². The summed E-state index contributed by atoms with van der Waals surface area (Å²) in [6, 6.07) is 3.18. The Hall–Kier alpha value is -3.47. The highest BCUT2D eigenvalue weighted by Crippen LogP contribution is 2.30. The highest BCUT2D eigenvalue weighted by atomic mass is 32.1. The summed E-state index contributed by atoms with van der Waals surface area (Å²) in [5, 5.41) is 41.9. The van der Waals surface area contributed by atoms with E-state index in [4.69, 9.17) is 20.2 Å². The number of thiazole rings is 1. The lowest BCUT2D eigenvalue weighted by Gasteiger charge is -2.38. The molecule has 0 spiro atoms. The summed E-state index contributed by atoms with van der Waals surface area (Å²) in [6.07, 6.45) is -3.77. The standard InChI is InChI=1S/C25H29N5O9S/c1-11-17(32)20(22(35)36)38-24(18(11)33)39-23(37)15-9-30(25-27-4-5-40-25)21-14(19(15)34)2-3-16(28-21)29-7-12(6-26)13(8-29)10-31/h2-5,9,11-13,17-18,20,24,31-33H,6-8,10,26H2,1H3,(H,35,36)/t11?,12-,13+,17?,18?,20?,24?/m0/s1. The van der Waals surface area contributed by atoms with Gasteiger partial charge >= 0.3 is 11.9 Å². The summed E-state index contributed by atoms with van der Waals surface area (Å²) in [5.41, 5.74) is 5.00. The van der Waals surface area contributed by atoms with Gasteiger partial charge in [0.25, 0.3) is 0 Å². The molecule has 5 heterocycles. The van der Waals surface area contributed by atoms with Crippen molar-refractivity contribution in [2.75, 3.05) is 31.1 Å². The Morgan fingerprint density at radius 2 is 1.98 bits per heavy atom. The fourth-order valence-electron chi connectivity index (χ4n) is 5.10. The molecule has 0 amide bonds. The molecule has 5 rings (SSSR count). The van der Waals surface area contributed by atoms with Crippen LogP contribution in [-0.2, 0) is 14.3 Å². The Morgan fingerprint density at radius 1 is 1.23 bits per heavy atom. The lowest BCUT2D eigenvalue weighted by Crippen LogP contribution is -2.57. The number of hydrogen-bond donors (Lipinski definition) is 5. The molecule has 15 heteroatoms. The largest absolute Gasteiger partial charge is 0.479 e. The zero-order valence-electron chi connectivity index (χ0n) is 21.4. The molecule has 2 aliphatic heterocycles. The van der Waals surface area contributed by atoms with E-state index in [1.807, 2.05) is 4.90 Å². The number of aliphatic hydroxyl groups excluding tert-OH is 3. The van der Waals surface area contributed by atoms with Gasteiger partial charge in [-0.2, -0.15) is 0 Å². The number of carboxylic acid groups (broad SMARTS) is 1. The normalized spacial score (nSPS) is 28.6. The minimum atomic E-state index is -1.74. The number of rotatable bonds is 7. The first-order chi connectivity index (χ1) is 19.1. The average Bonchev–Trinajstić information content (AvgIpc) is 3.63. The molecule has 7 atom stereocenters. The molecule has 3 aromatic rings. The van der Waals surface area contributed by atoms with E-state index in [1.54, 1.807) is 17.6 Å². The molecule has 0 saturated carbocycles. The highest BCUT2D eigenvalue weighted by Gasteiger charge is 2.47. The number of hydrogen-bond acceptors (Lipinski definition) is 13. The van der Waals surface area contributed by atoms with Gasteiger partial charge in [0.15, 0.2) is 16.9 Å². The van der Waals surface area contributed by atoms with Gasteiger partial charge in [-0.05, 0) is 24.6 Å². The van der Waals surface area contributed by atoms with Gasteiger partial charge in [0, 0.05) is 49.3 Å². The Balaban J connectivity index is 1.52. The number of aliphatic carboxylic acids is 1. The van der Waals surface area contributed by atoms with Gasteiger partial charge in [-0.25, -0.2) is 19.6 Å². The molecule has 3 aromatic heterocycles. The van der Waals surface area contributed by atoms with Gasteiger partial charge in [0.1, 0.15) is 17.5 Å². The van der Waals surface area contributed by atoms with E-state index in [1.165, 1.54) is 35.1 Å². The predicted octanol–water partition coefficient (Wildman–Crippen LogP) is -0.830. The lowest BCUT2D eigenvalue weighted by atomic mass is 9.90. The molecule has 2 aliphatic rings. The first kappa shape index (κ1) is 28.1. The fourth-order valence-corrected chi connectivity index (χ4v) is 5.71. The molecule has 0 aliphatic carbocycles. The van der Waals surface area contributed by atoms with E-state index in [0.717, 1.165) is 0 Å². The predicted molar refractivity (Wildman–Crippen MR) is 141 cm³/mol. The Bertz CT molecular complexity index is 1450. The SMILES string of the molecule is CC1C(O)C(OC(=O)c2cn(-c3nccs3)c3nc(N4C[C@H](CN)[C@@H](CO)C4)ccc3c2=O)OC(C(=O)O)C1O. The number of carbonyl (C=O) groups excluding carboxylic acids is 1. The number of anilines is 1. The summed E-state index contributed by atoms with van der Waals surface area (Å²) in [5.74, 6) is -3.01. The number of esters is 1. The Morgan fingerprint density at radius 3 is 2.60 bits per heavy atom. The molecule has 6 N–H and O–H groups in total. The minimum absolute atomic E-state index is 0.00833. The second kappa shape index (κ2) is 11.2. The van der Waals surface area contributed by atoms with Crippen molar-refractivity contribution in [3.63, 3.8) is 0 Å². The zero-order valence-corrected chi connectivity index (χ0v) is 22.2. The molecule has 2 fully saturated rings. The second-order valence-electron chi connectivity index (χ2n) is 9.95. The highest BCUT2D eigenvalue weighted by molar-refractivity contribution is 7.12. The van der Waals surface area contributed by atoms with Crippen LogP contribution in [0.1, 0.15) is 17.3 Å². The molecule has 2 saturated heterocycles. The quantitative estimate of drug-likeness (QED) is 0.218. The summed E-state index contributed by atoms with van der Waals surface area (Å²) in [7, 11) is 0. The smallest absolute Gasteiger partial charge is 0.346 e. The van der Waals surface area contributed by atoms with Crippen LogP contribution >= 0.6 is 11.3 Å². The van der Waals surface area contributed by atoms with Crippen molar-refractivity contribution in [2.24, 2.45) is 23.5 Å². The van der Waals surface area contributed by atoms with E-state index >= 15 is 0 Å². The molecule has 14 nitrogen and oxygen atoms in total. The number of pyridine rings is 2. The summed E-state index contributed by atoms with van der Waals surface area (Å²) >= 11 is 1.24. The van der Waals surface area contributed by atoms with Gasteiger partial charge in [0.05, 0.1) is 11.5 Å². The fraction of sp³-hybridized carbons (Fsp3) is 0.480. The molecule has 40 heavy (non-hydrogen) atoms. The summed E-state index contributed by atoms with van der Waals surface area (Å²) in [4.78, 5) is 49.1. The van der Waals surface area contributed by atoms with Crippen molar-refractivity contribution in [3.8, 4) is 5.13 Å². The Labute approximate surface area is 231 Å². The number of aromatic nitrogens is 3. The zero-order chi connectivity index (χ0) is 28.7. The molecule has 0 radical (unpaired) electrons. The Kier molecular flexibility index (Phi) is 7.85. The summed E-state index contributed by atoms with van der Waals surface area (Å²) in [6.45, 7) is 2.92. The molecular weight excluding hydrogens is 546 g/mol. The van der Waals surface area contributed by atoms with Crippen LogP contribution in [0.2, 0.25) is 0 Å². The van der Waals surface area contributed by atoms with Crippen LogP contribution in [0.5, 0.6) is 0 Å². The first-order valence-electron chi connectivity index (χ1n) is 12.6. The van der Waals surface area contributed by atoms with Crippen LogP contribution in [0.15, 0.2) is 34.7 Å². The van der Waals surface area contributed by atoms with Crippen molar-refractivity contribution >= 4 is 40.1 Å². The van der Waals surface area contributed by atoms with Crippen LogP contribution in [0.4, 0.5) is 5.82 Å². The maximum absolute atomic E-state index is 13.5. The third-order valence-electron chi connectivity index (χ3n) is 7.53. The first-order valence-corrected chi connectivity index (χ1v) is 13.5. The van der Waals surface area contributed by atoms with Crippen molar-refractivity contribution in [1.29, 1.82) is 0 Å². The lowest BCUT2D eigenvalue weighted by molar-refractivity contribution is -0.263. The minimum Gasteiger partial charge on any atom is -0.479 e. The van der Waals surface area contributed by atoms with Crippen LogP contribution in [-0.4, -0.2) is 97.7 Å². The van der Waals surface area contributed by atoms with Crippen LogP contribution in [0.3, 0.4) is 0 Å². The number of nitrogens with zero attached hydrogens (tertiary/aromatic N) is 4. The average molecular weight is 576 g/mol. The van der Waals surface area contributed by atoms with Crippen LogP contribution in [0.25, 0.3) is 16.2 Å². The second-order valence-corrected chi connectivity index (χ2v) is 10.8. The summed E-state index contributed by atoms with van der Waals surface area (Å²) < 4.78 is 11.9. The van der Waals surface area contributed by atoms with E-state index in [0.29, 0.717) is 30.6 Å². The van der Waals surface area contributed by atoms with Gasteiger partial charge in [0.2, 0.25) is 11.7 Å². The van der Waals surface area contributed by atoms with Crippen molar-refractivity contribution in [2.45, 2.75) is 31.5 Å². The van der Waals surface area contributed by atoms with E-state index in [2.05, 4.69) is 4.98 Å². The molecule has 0 aromatic carbocycles. The van der Waals surface area contributed by atoms with E-state index < -0.39 is 53.5 Å². The van der Waals surface area contributed by atoms with Gasteiger partial charge in [-0.1, -0.05) is 6.92 Å². The van der Waals surface area contributed by atoms with E-state index in [-0.39, 0.29) is 29.5 Å². The number of carbonyl (C=O) groups is 2. The van der Waals surface area contributed by atoms with Crippen molar-refractivity contribution in [1.82, 2.24) is 14.5 Å². The molecular formula is C25H29N5O9S. The van der Waals surface area contributed by atoms with E-state index in [9.17, 15) is 34.8 Å². The van der Waals surface area contributed by atoms with Gasteiger partial charge in [-0.3, -0.25) is 9.36 Å². The van der Waals surface area contributed by atoms with Gasteiger partial charge in [-0.15, -0.1) is 11.3 Å².